The monoisotopic (exact) mass is 331 g/mol. The maximum atomic E-state index is 12.6. The molecule has 3 atom stereocenters. The van der Waals surface area contributed by atoms with Crippen LogP contribution in [0.25, 0.3) is 0 Å². The molecule has 7 heteroatoms. The molecule has 122 valence electrons. The maximum Gasteiger partial charge on any atom is 0.329 e. The molecule has 0 bridgehead atoms. The van der Waals surface area contributed by atoms with Crippen molar-refractivity contribution in [2.24, 2.45) is 16.6 Å². The molecular formula is C18H13N5O2. The number of nitrogens with two attached hydrogens (primary N) is 1. The highest BCUT2D eigenvalue weighted by molar-refractivity contribution is 5.91. The topological polar surface area (TPSA) is 147 Å². The minimum Gasteiger partial charge on any atom is -0.465 e. The third-order valence-electron chi connectivity index (χ3n) is 4.41. The fourth-order valence-electron chi connectivity index (χ4n) is 3.27. The van der Waals surface area contributed by atoms with E-state index in [2.05, 4.69) is 0 Å². The first-order valence-electron chi connectivity index (χ1n) is 7.36. The van der Waals surface area contributed by atoms with Gasteiger partial charge in [0.2, 0.25) is 0 Å². The molecule has 7 nitrogen and oxygen atoms in total. The summed E-state index contributed by atoms with van der Waals surface area (Å²) in [7, 11) is 0. The molecule has 1 aromatic carbocycles. The Morgan fingerprint density at radius 3 is 2.12 bits per heavy atom. The average Bonchev–Trinajstić information content (AvgIpc) is 3.28. The molecule has 1 saturated carbocycles. The van der Waals surface area contributed by atoms with Gasteiger partial charge in [0.1, 0.15) is 23.1 Å². The van der Waals surface area contributed by atoms with Crippen molar-refractivity contribution in [2.75, 3.05) is 6.61 Å². The normalized spacial score (nSPS) is 26.0. The molecule has 0 radical (unpaired) electrons. The van der Waals surface area contributed by atoms with E-state index >= 15 is 0 Å². The molecule has 0 spiro atoms. The molecule has 0 saturated heterocycles. The van der Waals surface area contributed by atoms with E-state index in [9.17, 15) is 15.3 Å². The molecule has 25 heavy (non-hydrogen) atoms. The summed E-state index contributed by atoms with van der Waals surface area (Å²) in [6.45, 7) is 1.59. The van der Waals surface area contributed by atoms with Crippen molar-refractivity contribution in [3.63, 3.8) is 0 Å². The Labute approximate surface area is 144 Å². The highest BCUT2D eigenvalue weighted by Gasteiger charge is 2.86. The van der Waals surface area contributed by atoms with Crippen LogP contribution in [0.1, 0.15) is 18.4 Å². The quantitative estimate of drug-likeness (QED) is 0.651. The van der Waals surface area contributed by atoms with Gasteiger partial charge in [0.15, 0.2) is 5.41 Å². The van der Waals surface area contributed by atoms with Gasteiger partial charge in [-0.2, -0.15) is 21.0 Å². The zero-order valence-electron chi connectivity index (χ0n) is 13.4. The van der Waals surface area contributed by atoms with Crippen LogP contribution in [-0.4, -0.2) is 12.6 Å². The Balaban J connectivity index is 2.81. The van der Waals surface area contributed by atoms with Crippen molar-refractivity contribution in [2.45, 2.75) is 12.8 Å². The predicted octanol–water partition coefficient (Wildman–Crippen LogP) is 1.63. The molecule has 0 unspecified atom stereocenters. The molecule has 0 aromatic heterocycles. The summed E-state index contributed by atoms with van der Waals surface area (Å²) in [5, 5.41) is 37.8. The van der Waals surface area contributed by atoms with Gasteiger partial charge in [-0.25, -0.2) is 0 Å². The molecule has 2 N–H and O–H groups in total. The van der Waals surface area contributed by atoms with Crippen LogP contribution in [0.5, 0.6) is 0 Å². The average molecular weight is 331 g/mol. The maximum absolute atomic E-state index is 12.6. The van der Waals surface area contributed by atoms with Gasteiger partial charge in [-0.05, 0) is 12.5 Å². The second-order valence-corrected chi connectivity index (χ2v) is 5.42. The first-order chi connectivity index (χ1) is 12.0. The third kappa shape index (κ3) is 2.12. The van der Waals surface area contributed by atoms with Crippen molar-refractivity contribution in [3.8, 4) is 24.3 Å². The summed E-state index contributed by atoms with van der Waals surface area (Å²) in [5.41, 5.74) is 1.85. The standard InChI is InChI=1S/C18H13N5O2/c1-2-25-16(24)18(11-22)14(12-6-4-3-5-7-12)17(18,10-21)15(23)13(8-19)9-20/h3-7,14H,2,23H2,1H3/t14-,17+,18-/m0/s1. The van der Waals surface area contributed by atoms with Crippen molar-refractivity contribution in [1.82, 2.24) is 0 Å². The molecular weight excluding hydrogens is 318 g/mol. The number of allylic oxidation sites excluding steroid dienone is 2. The fraction of sp³-hybridized carbons (Fsp3) is 0.278. The number of carbonyl (C=O) groups excluding carboxylic acids is 1. The molecule has 1 aliphatic carbocycles. The van der Waals surface area contributed by atoms with Gasteiger partial charge in [0.25, 0.3) is 0 Å². The number of rotatable bonds is 4. The van der Waals surface area contributed by atoms with Gasteiger partial charge in [0.05, 0.1) is 24.4 Å². The third-order valence-corrected chi connectivity index (χ3v) is 4.41. The number of nitriles is 4. The van der Waals surface area contributed by atoms with Gasteiger partial charge in [-0.15, -0.1) is 0 Å². The SMILES string of the molecule is CCOC(=O)[C@]1(C#N)[C@@H](c2ccccc2)[C@]1(C#N)C(N)=C(C#N)C#N. The Hall–Kier alpha value is -3.81. The predicted molar refractivity (Wildman–Crippen MR) is 84.3 cm³/mol. The lowest BCUT2D eigenvalue weighted by Crippen LogP contribution is -2.28. The molecule has 0 heterocycles. The van der Waals surface area contributed by atoms with Gasteiger partial charge >= 0.3 is 5.97 Å². The minimum absolute atomic E-state index is 0.0122. The van der Waals surface area contributed by atoms with Gasteiger partial charge in [0, 0.05) is 5.92 Å². The Bertz CT molecular complexity index is 894. The summed E-state index contributed by atoms with van der Waals surface area (Å²) in [6, 6.07) is 15.5. The van der Waals surface area contributed by atoms with E-state index in [-0.39, 0.29) is 12.3 Å². The van der Waals surface area contributed by atoms with E-state index in [0.29, 0.717) is 5.56 Å². The highest BCUT2D eigenvalue weighted by Crippen LogP contribution is 2.76. The second-order valence-electron chi connectivity index (χ2n) is 5.42. The van der Waals surface area contributed by atoms with Crippen LogP contribution in [-0.2, 0) is 9.53 Å². The number of hydrogen-bond acceptors (Lipinski definition) is 7. The van der Waals surface area contributed by atoms with Crippen LogP contribution in [0.15, 0.2) is 41.6 Å². The van der Waals surface area contributed by atoms with Crippen molar-refractivity contribution >= 4 is 5.97 Å². The second kappa shape index (κ2) is 6.36. The van der Waals surface area contributed by atoms with Crippen LogP contribution >= 0.6 is 0 Å². The zero-order chi connectivity index (χ0) is 18.7. The molecule has 1 aliphatic rings. The van der Waals surface area contributed by atoms with Crippen molar-refractivity contribution in [1.29, 1.82) is 21.0 Å². The van der Waals surface area contributed by atoms with E-state index in [1.807, 2.05) is 12.1 Å². The summed E-state index contributed by atoms with van der Waals surface area (Å²) in [6.07, 6.45) is 0. The molecule has 1 fully saturated rings. The molecule has 0 aliphatic heterocycles. The first kappa shape index (κ1) is 17.5. The Kier molecular flexibility index (Phi) is 4.46. The lowest BCUT2D eigenvalue weighted by atomic mass is 9.89. The molecule has 2 rings (SSSR count). The number of esters is 1. The molecule has 0 amide bonds. The number of nitrogens with zero attached hydrogens (tertiary/aromatic N) is 4. The smallest absolute Gasteiger partial charge is 0.329 e. The lowest BCUT2D eigenvalue weighted by molar-refractivity contribution is -0.148. The Morgan fingerprint density at radius 2 is 1.68 bits per heavy atom. The van der Waals surface area contributed by atoms with E-state index in [1.54, 1.807) is 49.4 Å². The summed E-state index contributed by atoms with van der Waals surface area (Å²) in [5.74, 6) is -1.84. The summed E-state index contributed by atoms with van der Waals surface area (Å²) >= 11 is 0. The van der Waals surface area contributed by atoms with E-state index in [0.717, 1.165) is 0 Å². The van der Waals surface area contributed by atoms with Crippen LogP contribution < -0.4 is 5.73 Å². The first-order valence-corrected chi connectivity index (χ1v) is 7.36. The van der Waals surface area contributed by atoms with Gasteiger partial charge < -0.3 is 10.5 Å². The Morgan fingerprint density at radius 1 is 1.12 bits per heavy atom. The number of hydrogen-bond donors (Lipinski definition) is 1. The summed E-state index contributed by atoms with van der Waals surface area (Å²) in [4.78, 5) is 12.6. The van der Waals surface area contributed by atoms with Crippen molar-refractivity contribution < 1.29 is 9.53 Å². The highest BCUT2D eigenvalue weighted by atomic mass is 16.5. The van der Waals surface area contributed by atoms with E-state index < -0.39 is 28.3 Å². The lowest BCUT2D eigenvalue weighted by Gasteiger charge is -2.13. The summed E-state index contributed by atoms with van der Waals surface area (Å²) < 4.78 is 5.01. The molecule has 1 aromatic rings. The number of carbonyl (C=O) groups is 1. The number of ether oxygens (including phenoxy) is 1. The van der Waals surface area contributed by atoms with E-state index in [4.69, 9.17) is 21.0 Å². The van der Waals surface area contributed by atoms with Gasteiger partial charge in [-0.1, -0.05) is 30.3 Å². The largest absolute Gasteiger partial charge is 0.465 e. The van der Waals surface area contributed by atoms with Crippen LogP contribution in [0.4, 0.5) is 0 Å². The van der Waals surface area contributed by atoms with Crippen LogP contribution in [0.3, 0.4) is 0 Å². The van der Waals surface area contributed by atoms with Crippen molar-refractivity contribution in [3.05, 3.63) is 47.2 Å². The number of benzene rings is 1. The van der Waals surface area contributed by atoms with Crippen LogP contribution in [0, 0.1) is 56.2 Å². The zero-order valence-corrected chi connectivity index (χ0v) is 13.4. The van der Waals surface area contributed by atoms with E-state index in [1.165, 1.54) is 0 Å². The fourth-order valence-corrected chi connectivity index (χ4v) is 3.27. The van der Waals surface area contributed by atoms with Gasteiger partial charge in [-0.3, -0.25) is 4.79 Å². The minimum atomic E-state index is -1.91. The van der Waals surface area contributed by atoms with Crippen LogP contribution in [0.2, 0.25) is 0 Å².